The Bertz CT molecular complexity index is 486. The van der Waals surface area contributed by atoms with Gasteiger partial charge in [0.1, 0.15) is 6.07 Å². The predicted molar refractivity (Wildman–Crippen MR) is 57.6 cm³/mol. The number of esters is 1. The molecule has 0 saturated heterocycles. The molecule has 1 rings (SSSR count). The third-order valence-corrected chi connectivity index (χ3v) is 2.47. The molecule has 4 nitrogen and oxygen atoms in total. The van der Waals surface area contributed by atoms with E-state index < -0.39 is 23.7 Å². The van der Waals surface area contributed by atoms with Crippen LogP contribution in [0.25, 0.3) is 0 Å². The van der Waals surface area contributed by atoms with Crippen LogP contribution in [0.3, 0.4) is 0 Å². The fourth-order valence-corrected chi connectivity index (χ4v) is 1.70. The van der Waals surface area contributed by atoms with E-state index >= 15 is 0 Å². The van der Waals surface area contributed by atoms with Crippen molar-refractivity contribution in [1.82, 2.24) is 4.98 Å². The Morgan fingerprint density at radius 1 is 1.71 bits per heavy atom. The van der Waals surface area contributed by atoms with Gasteiger partial charge in [-0.15, -0.1) is 0 Å². The summed E-state index contributed by atoms with van der Waals surface area (Å²) in [5.74, 6) is -0.759. The zero-order valence-electron chi connectivity index (χ0n) is 8.71. The molecule has 1 heterocycles. The van der Waals surface area contributed by atoms with Gasteiger partial charge in [-0.25, -0.2) is 18.6 Å². The number of hydrogen-bond donors (Lipinski definition) is 0. The number of halogens is 3. The highest BCUT2D eigenvalue weighted by molar-refractivity contribution is 9.10. The Kier molecular flexibility index (Phi) is 4.52. The Morgan fingerprint density at radius 3 is 2.82 bits per heavy atom. The molecule has 0 fully saturated rings. The van der Waals surface area contributed by atoms with Crippen molar-refractivity contribution in [3.63, 3.8) is 0 Å². The average Bonchev–Trinajstić information content (AvgIpc) is 2.27. The standard InChI is InChI=1S/C10H7BrF2N2O2/c1-2-17-10(16)6-3-5(11)8(9(12)13)7(4-14)15-6/h3,9H,2H2,1H3. The molecule has 0 aliphatic heterocycles. The molecule has 0 bridgehead atoms. The van der Waals surface area contributed by atoms with Gasteiger partial charge in [-0.1, -0.05) is 15.9 Å². The highest BCUT2D eigenvalue weighted by Crippen LogP contribution is 2.30. The number of aromatic nitrogens is 1. The molecule has 0 unspecified atom stereocenters. The zero-order chi connectivity index (χ0) is 13.0. The third-order valence-electron chi connectivity index (χ3n) is 1.82. The summed E-state index contributed by atoms with van der Waals surface area (Å²) >= 11 is 2.88. The molecule has 0 N–H and O–H groups in total. The van der Waals surface area contributed by atoms with Crippen LogP contribution in [0.2, 0.25) is 0 Å². The Balaban J connectivity index is 3.28. The highest BCUT2D eigenvalue weighted by Gasteiger charge is 2.22. The molecule has 90 valence electrons. The quantitative estimate of drug-likeness (QED) is 0.806. The second kappa shape index (κ2) is 5.68. The molecule has 0 spiro atoms. The van der Waals surface area contributed by atoms with E-state index in [1.807, 2.05) is 0 Å². The van der Waals surface area contributed by atoms with Crippen LogP contribution in [-0.2, 0) is 4.74 Å². The van der Waals surface area contributed by atoms with E-state index in [9.17, 15) is 13.6 Å². The van der Waals surface area contributed by atoms with Gasteiger partial charge in [0.05, 0.1) is 12.2 Å². The highest BCUT2D eigenvalue weighted by atomic mass is 79.9. The minimum absolute atomic E-state index is 0.0397. The SMILES string of the molecule is CCOC(=O)c1cc(Br)c(C(F)F)c(C#N)n1. The van der Waals surface area contributed by atoms with Crippen molar-refractivity contribution in [3.8, 4) is 6.07 Å². The Hall–Kier alpha value is -1.55. The molecule has 17 heavy (non-hydrogen) atoms. The van der Waals surface area contributed by atoms with E-state index in [-0.39, 0.29) is 16.8 Å². The lowest BCUT2D eigenvalue weighted by molar-refractivity contribution is 0.0518. The van der Waals surface area contributed by atoms with Crippen LogP contribution in [0.1, 0.15) is 35.1 Å². The second-order valence-electron chi connectivity index (χ2n) is 2.88. The number of carbonyl (C=O) groups is 1. The molecular weight excluding hydrogens is 298 g/mol. The summed E-state index contributed by atoms with van der Waals surface area (Å²) in [7, 11) is 0. The van der Waals surface area contributed by atoms with Crippen LogP contribution in [0, 0.1) is 11.3 Å². The summed E-state index contributed by atoms with van der Waals surface area (Å²) in [6.45, 7) is 1.74. The number of ether oxygens (including phenoxy) is 1. The number of nitrogens with zero attached hydrogens (tertiary/aromatic N) is 2. The fourth-order valence-electron chi connectivity index (χ4n) is 1.13. The van der Waals surface area contributed by atoms with E-state index in [0.717, 1.165) is 6.07 Å². The van der Waals surface area contributed by atoms with Crippen LogP contribution in [0.4, 0.5) is 8.78 Å². The van der Waals surface area contributed by atoms with E-state index in [1.54, 1.807) is 6.92 Å². The summed E-state index contributed by atoms with van der Waals surface area (Å²) in [6.07, 6.45) is -2.84. The molecule has 0 aliphatic carbocycles. The van der Waals surface area contributed by atoms with Gasteiger partial charge in [-0.3, -0.25) is 0 Å². The molecule has 1 aromatic rings. The molecule has 0 saturated carbocycles. The summed E-state index contributed by atoms with van der Waals surface area (Å²) in [6, 6.07) is 2.64. The lowest BCUT2D eigenvalue weighted by Gasteiger charge is -2.07. The molecule has 7 heteroatoms. The van der Waals surface area contributed by atoms with Gasteiger partial charge in [-0.05, 0) is 13.0 Å². The van der Waals surface area contributed by atoms with Crippen molar-refractivity contribution in [2.24, 2.45) is 0 Å². The van der Waals surface area contributed by atoms with Crippen LogP contribution in [0.15, 0.2) is 10.5 Å². The number of rotatable bonds is 3. The number of nitriles is 1. The molecule has 0 atom stereocenters. The first-order valence-corrected chi connectivity index (χ1v) is 5.36. The van der Waals surface area contributed by atoms with Gasteiger partial charge >= 0.3 is 5.97 Å². The first-order chi connectivity index (χ1) is 8.01. The lowest BCUT2D eigenvalue weighted by atomic mass is 10.2. The average molecular weight is 305 g/mol. The van der Waals surface area contributed by atoms with E-state index in [4.69, 9.17) is 5.26 Å². The summed E-state index contributed by atoms with van der Waals surface area (Å²) in [4.78, 5) is 14.9. The largest absolute Gasteiger partial charge is 0.461 e. The number of pyridine rings is 1. The summed E-state index contributed by atoms with van der Waals surface area (Å²) in [5.41, 5.74) is -1.20. The topological polar surface area (TPSA) is 63.0 Å². The van der Waals surface area contributed by atoms with Gasteiger partial charge < -0.3 is 4.74 Å². The third kappa shape index (κ3) is 2.97. The summed E-state index contributed by atoms with van der Waals surface area (Å²) < 4.78 is 29.9. The summed E-state index contributed by atoms with van der Waals surface area (Å²) in [5, 5.41) is 8.71. The smallest absolute Gasteiger partial charge is 0.357 e. The molecule has 0 radical (unpaired) electrons. The maximum absolute atomic E-state index is 12.6. The molecular formula is C10H7BrF2N2O2. The maximum atomic E-state index is 12.6. The van der Waals surface area contributed by atoms with Crippen molar-refractivity contribution in [3.05, 3.63) is 27.5 Å². The minimum atomic E-state index is -2.84. The van der Waals surface area contributed by atoms with Crippen molar-refractivity contribution in [2.75, 3.05) is 6.61 Å². The van der Waals surface area contributed by atoms with E-state index in [0.29, 0.717) is 0 Å². The van der Waals surface area contributed by atoms with Crippen molar-refractivity contribution in [2.45, 2.75) is 13.3 Å². The lowest BCUT2D eigenvalue weighted by Crippen LogP contribution is -2.10. The molecule has 1 aromatic heterocycles. The zero-order valence-corrected chi connectivity index (χ0v) is 10.3. The first kappa shape index (κ1) is 13.5. The fraction of sp³-hybridized carbons (Fsp3) is 0.300. The van der Waals surface area contributed by atoms with E-state index in [1.165, 1.54) is 6.07 Å². The first-order valence-electron chi connectivity index (χ1n) is 4.57. The number of carbonyl (C=O) groups excluding carboxylic acids is 1. The van der Waals surface area contributed by atoms with Gasteiger partial charge in [0.2, 0.25) is 0 Å². The van der Waals surface area contributed by atoms with Crippen LogP contribution < -0.4 is 0 Å². The van der Waals surface area contributed by atoms with Gasteiger partial charge in [0.15, 0.2) is 11.4 Å². The monoisotopic (exact) mass is 304 g/mol. The normalized spacial score (nSPS) is 10.1. The number of hydrogen-bond acceptors (Lipinski definition) is 4. The number of alkyl halides is 2. The molecule has 0 amide bonds. The Morgan fingerprint density at radius 2 is 2.35 bits per heavy atom. The van der Waals surface area contributed by atoms with Gasteiger partial charge in [0.25, 0.3) is 6.43 Å². The van der Waals surface area contributed by atoms with Gasteiger partial charge in [0, 0.05) is 4.47 Å². The second-order valence-corrected chi connectivity index (χ2v) is 3.74. The van der Waals surface area contributed by atoms with Crippen LogP contribution in [0.5, 0.6) is 0 Å². The molecule has 0 aromatic carbocycles. The van der Waals surface area contributed by atoms with Crippen LogP contribution in [-0.4, -0.2) is 17.6 Å². The van der Waals surface area contributed by atoms with E-state index in [2.05, 4.69) is 25.7 Å². The van der Waals surface area contributed by atoms with Crippen molar-refractivity contribution < 1.29 is 18.3 Å². The molecule has 0 aliphatic rings. The van der Waals surface area contributed by atoms with Gasteiger partial charge in [-0.2, -0.15) is 5.26 Å². The Labute approximate surface area is 104 Å². The van der Waals surface area contributed by atoms with Crippen LogP contribution >= 0.6 is 15.9 Å². The predicted octanol–water partition coefficient (Wildman–Crippen LogP) is 2.83. The van der Waals surface area contributed by atoms with Crippen molar-refractivity contribution >= 4 is 21.9 Å². The maximum Gasteiger partial charge on any atom is 0.357 e. The minimum Gasteiger partial charge on any atom is -0.461 e. The van der Waals surface area contributed by atoms with Crippen molar-refractivity contribution in [1.29, 1.82) is 5.26 Å².